The summed E-state index contributed by atoms with van der Waals surface area (Å²) < 4.78 is 21.9. The van der Waals surface area contributed by atoms with Crippen molar-refractivity contribution in [2.75, 3.05) is 14.2 Å². The number of carbonyl (C=O) groups excluding carboxylic acids is 2. The fourth-order valence-corrected chi connectivity index (χ4v) is 5.16. The smallest absolute Gasteiger partial charge is 0.333 e. The third-order valence-electron chi connectivity index (χ3n) is 7.27. The molecule has 1 aromatic rings. The van der Waals surface area contributed by atoms with Crippen LogP contribution in [0.1, 0.15) is 70.8 Å². The normalized spacial score (nSPS) is 25.1. The van der Waals surface area contributed by atoms with E-state index in [1.807, 2.05) is 0 Å². The third-order valence-corrected chi connectivity index (χ3v) is 7.27. The standard InChI is InChI=1S/C27H38O6/c1-17(2)26(28)32-16-19-14-23(30-4)25(24(15-19)31-5)33-27(29)22-12-10-21(11-13-22)20-8-6-18(3)7-9-20/h14-15,18,20-22H,1,6-13,16H2,2-5H3. The molecule has 0 heterocycles. The molecule has 33 heavy (non-hydrogen) atoms. The van der Waals surface area contributed by atoms with Gasteiger partial charge in [-0.15, -0.1) is 0 Å². The first-order chi connectivity index (χ1) is 15.8. The van der Waals surface area contributed by atoms with E-state index in [0.717, 1.165) is 43.4 Å². The van der Waals surface area contributed by atoms with Crippen molar-refractivity contribution in [2.24, 2.45) is 23.7 Å². The van der Waals surface area contributed by atoms with Crippen LogP contribution in [0.2, 0.25) is 0 Å². The molecule has 0 aromatic heterocycles. The fraction of sp³-hybridized carbons (Fsp3) is 0.630. The highest BCUT2D eigenvalue weighted by atomic mass is 16.6. The van der Waals surface area contributed by atoms with E-state index >= 15 is 0 Å². The number of hydrogen-bond acceptors (Lipinski definition) is 6. The summed E-state index contributed by atoms with van der Waals surface area (Å²) in [6.07, 6.45) is 9.29. The van der Waals surface area contributed by atoms with E-state index < -0.39 is 5.97 Å². The van der Waals surface area contributed by atoms with Gasteiger partial charge in [-0.1, -0.05) is 26.3 Å². The minimum atomic E-state index is -0.471. The van der Waals surface area contributed by atoms with E-state index in [1.54, 1.807) is 19.1 Å². The molecule has 0 spiro atoms. The van der Waals surface area contributed by atoms with Gasteiger partial charge in [-0.25, -0.2) is 4.79 Å². The lowest BCUT2D eigenvalue weighted by molar-refractivity contribution is -0.141. The molecule has 0 N–H and O–H groups in total. The Hall–Kier alpha value is -2.50. The van der Waals surface area contributed by atoms with E-state index in [1.165, 1.54) is 39.9 Å². The Labute approximate surface area is 197 Å². The maximum absolute atomic E-state index is 13.0. The zero-order chi connectivity index (χ0) is 24.0. The number of rotatable bonds is 8. The first kappa shape index (κ1) is 25.1. The SMILES string of the molecule is C=C(C)C(=O)OCc1cc(OC)c(OC(=O)C2CCC(C3CCC(C)CC3)CC2)c(OC)c1. The minimum Gasteiger partial charge on any atom is -0.493 e. The summed E-state index contributed by atoms with van der Waals surface area (Å²) in [6, 6.07) is 3.38. The molecule has 182 valence electrons. The van der Waals surface area contributed by atoms with Gasteiger partial charge >= 0.3 is 11.9 Å². The average Bonchev–Trinajstić information content (AvgIpc) is 2.83. The lowest BCUT2D eigenvalue weighted by atomic mass is 9.69. The Morgan fingerprint density at radius 1 is 0.909 bits per heavy atom. The molecule has 2 saturated carbocycles. The first-order valence-electron chi connectivity index (χ1n) is 12.1. The minimum absolute atomic E-state index is 0.0383. The fourth-order valence-electron chi connectivity index (χ4n) is 5.16. The zero-order valence-electron chi connectivity index (χ0n) is 20.5. The molecule has 6 nitrogen and oxygen atoms in total. The van der Waals surface area contributed by atoms with Crippen LogP contribution < -0.4 is 14.2 Å². The monoisotopic (exact) mass is 458 g/mol. The summed E-state index contributed by atoms with van der Waals surface area (Å²) in [5, 5.41) is 0. The number of esters is 2. The van der Waals surface area contributed by atoms with Crippen LogP contribution in [0.15, 0.2) is 24.3 Å². The Morgan fingerprint density at radius 3 is 1.91 bits per heavy atom. The van der Waals surface area contributed by atoms with Crippen LogP contribution in [0, 0.1) is 23.7 Å². The van der Waals surface area contributed by atoms with Crippen LogP contribution in [0.4, 0.5) is 0 Å². The molecule has 1 aromatic carbocycles. The number of benzene rings is 1. The summed E-state index contributed by atoms with van der Waals surface area (Å²) in [5.41, 5.74) is 0.993. The Morgan fingerprint density at radius 2 is 1.42 bits per heavy atom. The van der Waals surface area contributed by atoms with Crippen LogP contribution >= 0.6 is 0 Å². The number of ether oxygens (including phenoxy) is 4. The second-order valence-corrected chi connectivity index (χ2v) is 9.74. The molecule has 6 heteroatoms. The topological polar surface area (TPSA) is 71.1 Å². The predicted molar refractivity (Wildman–Crippen MR) is 126 cm³/mol. The van der Waals surface area contributed by atoms with E-state index in [4.69, 9.17) is 18.9 Å². The van der Waals surface area contributed by atoms with Gasteiger partial charge in [0.15, 0.2) is 11.5 Å². The molecule has 0 saturated heterocycles. The van der Waals surface area contributed by atoms with Gasteiger partial charge in [0, 0.05) is 5.57 Å². The van der Waals surface area contributed by atoms with Gasteiger partial charge in [-0.05, 0) is 80.9 Å². The quantitative estimate of drug-likeness (QED) is 0.276. The predicted octanol–water partition coefficient (Wildman–Crippen LogP) is 5.86. The Kier molecular flexibility index (Phi) is 8.81. The molecule has 2 fully saturated rings. The van der Waals surface area contributed by atoms with Crippen molar-refractivity contribution < 1.29 is 28.5 Å². The maximum atomic E-state index is 13.0. The molecule has 0 bridgehead atoms. The molecule has 3 rings (SSSR count). The second kappa shape index (κ2) is 11.6. The Balaban J connectivity index is 1.61. The highest BCUT2D eigenvalue weighted by Crippen LogP contribution is 2.43. The van der Waals surface area contributed by atoms with Crippen molar-refractivity contribution >= 4 is 11.9 Å². The lowest BCUT2D eigenvalue weighted by Gasteiger charge is -2.36. The summed E-state index contributed by atoms with van der Waals surface area (Å²) in [5.74, 6) is 2.63. The zero-order valence-corrected chi connectivity index (χ0v) is 20.5. The van der Waals surface area contributed by atoms with Crippen molar-refractivity contribution in [1.29, 1.82) is 0 Å². The highest BCUT2D eigenvalue weighted by Gasteiger charge is 2.33. The summed E-state index contributed by atoms with van der Waals surface area (Å²) in [6.45, 7) is 7.56. The number of hydrogen-bond donors (Lipinski definition) is 0. The molecule has 2 aliphatic rings. The summed E-state index contributed by atoms with van der Waals surface area (Å²) in [4.78, 5) is 24.7. The van der Waals surface area contributed by atoms with Gasteiger partial charge in [-0.2, -0.15) is 0 Å². The van der Waals surface area contributed by atoms with Crippen molar-refractivity contribution in [3.8, 4) is 17.2 Å². The van der Waals surface area contributed by atoms with Gasteiger partial charge in [0.1, 0.15) is 6.61 Å². The second-order valence-electron chi connectivity index (χ2n) is 9.74. The lowest BCUT2D eigenvalue weighted by Crippen LogP contribution is -2.30. The van der Waals surface area contributed by atoms with Crippen LogP contribution in [-0.4, -0.2) is 26.2 Å². The average molecular weight is 459 g/mol. The molecular weight excluding hydrogens is 420 g/mol. The summed E-state index contributed by atoms with van der Waals surface area (Å²) >= 11 is 0. The number of methoxy groups -OCH3 is 2. The van der Waals surface area contributed by atoms with E-state index in [0.29, 0.717) is 22.6 Å². The number of carbonyl (C=O) groups is 2. The van der Waals surface area contributed by atoms with Gasteiger partial charge in [0.25, 0.3) is 0 Å². The van der Waals surface area contributed by atoms with Crippen molar-refractivity contribution in [3.05, 3.63) is 29.8 Å². The first-order valence-corrected chi connectivity index (χ1v) is 12.1. The van der Waals surface area contributed by atoms with E-state index in [9.17, 15) is 9.59 Å². The molecule has 0 aliphatic heterocycles. The van der Waals surface area contributed by atoms with E-state index in [-0.39, 0.29) is 24.2 Å². The van der Waals surface area contributed by atoms with Crippen LogP contribution in [0.3, 0.4) is 0 Å². The van der Waals surface area contributed by atoms with Crippen LogP contribution in [0.5, 0.6) is 17.2 Å². The van der Waals surface area contributed by atoms with Gasteiger partial charge in [0.05, 0.1) is 20.1 Å². The largest absolute Gasteiger partial charge is 0.493 e. The molecule has 0 amide bonds. The maximum Gasteiger partial charge on any atom is 0.333 e. The van der Waals surface area contributed by atoms with Crippen molar-refractivity contribution in [1.82, 2.24) is 0 Å². The van der Waals surface area contributed by atoms with Crippen molar-refractivity contribution in [3.63, 3.8) is 0 Å². The van der Waals surface area contributed by atoms with Crippen LogP contribution in [0.25, 0.3) is 0 Å². The van der Waals surface area contributed by atoms with Gasteiger partial charge in [-0.3, -0.25) is 4.79 Å². The third kappa shape index (κ3) is 6.52. The molecule has 0 atom stereocenters. The van der Waals surface area contributed by atoms with E-state index in [2.05, 4.69) is 13.5 Å². The molecule has 0 radical (unpaired) electrons. The van der Waals surface area contributed by atoms with Gasteiger partial charge in [0.2, 0.25) is 5.75 Å². The molecular formula is C27H38O6. The molecule has 2 aliphatic carbocycles. The van der Waals surface area contributed by atoms with Gasteiger partial charge < -0.3 is 18.9 Å². The van der Waals surface area contributed by atoms with Crippen molar-refractivity contribution in [2.45, 2.75) is 71.8 Å². The Bertz CT molecular complexity index is 819. The summed E-state index contributed by atoms with van der Waals surface area (Å²) in [7, 11) is 3.01. The molecule has 0 unspecified atom stereocenters. The van der Waals surface area contributed by atoms with Crippen LogP contribution in [-0.2, 0) is 20.9 Å². The highest BCUT2D eigenvalue weighted by molar-refractivity contribution is 5.86.